The van der Waals surface area contributed by atoms with Crippen LogP contribution in [0.15, 0.2) is 101 Å². The molecule has 222 valence electrons. The highest BCUT2D eigenvalue weighted by atomic mass is 32.2. The molecule has 3 aromatic carbocycles. The number of benzene rings is 3. The number of nitrogens with zero attached hydrogens (tertiary/aromatic N) is 2. The van der Waals surface area contributed by atoms with Gasteiger partial charge in [0.15, 0.2) is 9.84 Å². The number of piperazine rings is 1. The number of hydrogen-bond donors (Lipinski definition) is 2. The molecule has 42 heavy (non-hydrogen) atoms. The van der Waals surface area contributed by atoms with E-state index in [1.807, 2.05) is 68.6 Å². The van der Waals surface area contributed by atoms with Crippen LogP contribution in [-0.2, 0) is 27.5 Å². The smallest absolute Gasteiger partial charge is 0.318 e. The average molecular weight is 589 g/mol. The number of hydrogen-bond acceptors (Lipinski definition) is 5. The lowest BCUT2D eigenvalue weighted by Gasteiger charge is -2.33. The van der Waals surface area contributed by atoms with Crippen molar-refractivity contribution >= 4 is 21.8 Å². The highest BCUT2D eigenvalue weighted by Gasteiger charge is 2.27. The number of amides is 3. The normalized spacial score (nSPS) is 15.7. The molecule has 0 unspecified atom stereocenters. The van der Waals surface area contributed by atoms with Gasteiger partial charge in [0.05, 0.1) is 4.90 Å². The molecule has 1 saturated heterocycles. The van der Waals surface area contributed by atoms with Gasteiger partial charge in [-0.3, -0.25) is 4.79 Å². The number of carbonyl (C=O) groups excluding carboxylic acids is 2. The maximum atomic E-state index is 13.8. The fourth-order valence-corrected chi connectivity index (χ4v) is 5.86. The van der Waals surface area contributed by atoms with E-state index in [1.165, 1.54) is 6.08 Å². The van der Waals surface area contributed by atoms with Crippen LogP contribution in [-0.4, -0.2) is 75.5 Å². The summed E-state index contributed by atoms with van der Waals surface area (Å²) in [6.45, 7) is 4.70. The van der Waals surface area contributed by atoms with Crippen molar-refractivity contribution < 1.29 is 18.0 Å². The van der Waals surface area contributed by atoms with Gasteiger partial charge in [-0.15, -0.1) is 0 Å². The molecule has 3 aromatic rings. The van der Waals surface area contributed by atoms with Crippen LogP contribution in [0.25, 0.3) is 0 Å². The molecule has 0 radical (unpaired) electrons. The fourth-order valence-electron chi connectivity index (χ4n) is 4.77. The highest BCUT2D eigenvalue weighted by molar-refractivity contribution is 7.94. The van der Waals surface area contributed by atoms with Crippen molar-refractivity contribution in [2.75, 3.05) is 33.2 Å². The Labute approximate surface area is 249 Å². The second kappa shape index (κ2) is 14.8. The van der Waals surface area contributed by atoms with Gasteiger partial charge in [-0.05, 0) is 50.1 Å². The second-order valence-corrected chi connectivity index (χ2v) is 12.6. The number of urea groups is 1. The summed E-state index contributed by atoms with van der Waals surface area (Å²) in [6, 6.07) is 24.2. The number of carbonyl (C=O) groups is 2. The quantitative estimate of drug-likeness (QED) is 0.353. The van der Waals surface area contributed by atoms with Crippen molar-refractivity contribution in [3.8, 4) is 0 Å². The molecular weight excluding hydrogens is 548 g/mol. The van der Waals surface area contributed by atoms with Crippen LogP contribution in [0.4, 0.5) is 4.79 Å². The molecule has 0 aliphatic carbocycles. The van der Waals surface area contributed by atoms with E-state index in [2.05, 4.69) is 15.5 Å². The SMILES string of the molecule is Cc1ccc(C[C@H](NC(=O)N2CCN(C)CC2)C(=O)N[C@H](/C=C/S(=O)(=O)c2ccccc2)CCc2ccccc2)cc1. The summed E-state index contributed by atoms with van der Waals surface area (Å²) in [5.41, 5.74) is 3.10. The zero-order valence-corrected chi connectivity index (χ0v) is 25.1. The Morgan fingerprint density at radius 2 is 1.45 bits per heavy atom. The third-order valence-corrected chi connectivity index (χ3v) is 8.89. The molecule has 2 N–H and O–H groups in total. The van der Waals surface area contributed by atoms with Crippen LogP contribution >= 0.6 is 0 Å². The largest absolute Gasteiger partial charge is 0.348 e. The van der Waals surface area contributed by atoms with Crippen molar-refractivity contribution in [1.82, 2.24) is 20.4 Å². The summed E-state index contributed by atoms with van der Waals surface area (Å²) in [5, 5.41) is 7.15. The van der Waals surface area contributed by atoms with E-state index < -0.39 is 21.9 Å². The molecule has 1 heterocycles. The molecule has 4 rings (SSSR count). The van der Waals surface area contributed by atoms with Crippen molar-refractivity contribution in [2.24, 2.45) is 0 Å². The average Bonchev–Trinajstić information content (AvgIpc) is 3.00. The predicted octanol–water partition coefficient (Wildman–Crippen LogP) is 3.97. The summed E-state index contributed by atoms with van der Waals surface area (Å²) in [7, 11) is -1.68. The first-order valence-corrected chi connectivity index (χ1v) is 15.9. The Bertz CT molecular complexity index is 1440. The molecular formula is C33H40N4O4S. The van der Waals surface area contributed by atoms with Gasteiger partial charge in [-0.1, -0.05) is 84.4 Å². The Hall–Kier alpha value is -3.95. The van der Waals surface area contributed by atoms with Crippen LogP contribution in [0.3, 0.4) is 0 Å². The first-order chi connectivity index (χ1) is 20.2. The van der Waals surface area contributed by atoms with E-state index in [1.54, 1.807) is 35.2 Å². The van der Waals surface area contributed by atoms with Gasteiger partial charge in [0.1, 0.15) is 6.04 Å². The van der Waals surface area contributed by atoms with Gasteiger partial charge in [0, 0.05) is 44.0 Å². The molecule has 0 spiro atoms. The number of likely N-dealkylation sites (N-methyl/N-ethyl adjacent to an activating group) is 1. The minimum Gasteiger partial charge on any atom is -0.348 e. The third kappa shape index (κ3) is 9.29. The van der Waals surface area contributed by atoms with Crippen molar-refractivity contribution in [3.63, 3.8) is 0 Å². The molecule has 9 heteroatoms. The van der Waals surface area contributed by atoms with Gasteiger partial charge in [-0.25, -0.2) is 13.2 Å². The van der Waals surface area contributed by atoms with Crippen molar-refractivity contribution in [3.05, 3.63) is 113 Å². The van der Waals surface area contributed by atoms with Crippen molar-refractivity contribution in [1.29, 1.82) is 0 Å². The Morgan fingerprint density at radius 3 is 2.10 bits per heavy atom. The molecule has 0 aromatic heterocycles. The number of aryl methyl sites for hydroxylation is 2. The van der Waals surface area contributed by atoms with Crippen LogP contribution in [0, 0.1) is 6.92 Å². The van der Waals surface area contributed by atoms with Gasteiger partial charge >= 0.3 is 6.03 Å². The summed E-state index contributed by atoms with van der Waals surface area (Å²) < 4.78 is 26.0. The fraction of sp³-hybridized carbons (Fsp3) is 0.333. The summed E-state index contributed by atoms with van der Waals surface area (Å²) in [6.07, 6.45) is 2.97. The molecule has 1 aliphatic rings. The lowest BCUT2D eigenvalue weighted by molar-refractivity contribution is -0.123. The van der Waals surface area contributed by atoms with E-state index >= 15 is 0 Å². The van der Waals surface area contributed by atoms with E-state index in [0.717, 1.165) is 35.2 Å². The highest BCUT2D eigenvalue weighted by Crippen LogP contribution is 2.14. The van der Waals surface area contributed by atoms with Crippen LogP contribution in [0.5, 0.6) is 0 Å². The Balaban J connectivity index is 1.54. The zero-order valence-electron chi connectivity index (χ0n) is 24.3. The van der Waals surface area contributed by atoms with E-state index in [-0.39, 0.29) is 16.8 Å². The molecule has 8 nitrogen and oxygen atoms in total. The van der Waals surface area contributed by atoms with Crippen LogP contribution in [0.1, 0.15) is 23.1 Å². The third-order valence-electron chi connectivity index (χ3n) is 7.44. The van der Waals surface area contributed by atoms with E-state index in [9.17, 15) is 18.0 Å². The van der Waals surface area contributed by atoms with Crippen LogP contribution < -0.4 is 10.6 Å². The first-order valence-electron chi connectivity index (χ1n) is 14.3. The monoisotopic (exact) mass is 588 g/mol. The predicted molar refractivity (Wildman–Crippen MR) is 166 cm³/mol. The minimum absolute atomic E-state index is 0.186. The van der Waals surface area contributed by atoms with E-state index in [4.69, 9.17) is 0 Å². The Morgan fingerprint density at radius 1 is 0.833 bits per heavy atom. The standard InChI is InChI=1S/C33H40N4O4S/c1-26-13-15-28(16-14-26)25-31(35-33(39)37-22-20-36(2)21-23-37)32(38)34-29(18-17-27-9-5-3-6-10-27)19-24-42(40,41)30-11-7-4-8-12-30/h3-16,19,24,29,31H,17-18,20-23,25H2,1-2H3,(H,34,38)(H,35,39)/b24-19+/t29-,31-/m0/s1. The van der Waals surface area contributed by atoms with Gasteiger partial charge in [0.25, 0.3) is 0 Å². The molecule has 0 bridgehead atoms. The maximum Gasteiger partial charge on any atom is 0.318 e. The number of rotatable bonds is 11. The maximum absolute atomic E-state index is 13.8. The van der Waals surface area contributed by atoms with E-state index in [0.29, 0.717) is 32.4 Å². The van der Waals surface area contributed by atoms with Crippen LogP contribution in [0.2, 0.25) is 0 Å². The summed E-state index contributed by atoms with van der Waals surface area (Å²) in [4.78, 5) is 31.0. The summed E-state index contributed by atoms with van der Waals surface area (Å²) in [5.74, 6) is -0.363. The lowest BCUT2D eigenvalue weighted by Crippen LogP contribution is -2.56. The minimum atomic E-state index is -3.70. The van der Waals surface area contributed by atoms with Gasteiger partial charge in [0.2, 0.25) is 5.91 Å². The molecule has 1 fully saturated rings. The molecule has 1 aliphatic heterocycles. The molecule has 3 amide bonds. The lowest BCUT2D eigenvalue weighted by atomic mass is 10.0. The van der Waals surface area contributed by atoms with Gasteiger partial charge < -0.3 is 20.4 Å². The molecule has 0 saturated carbocycles. The number of sulfone groups is 1. The topological polar surface area (TPSA) is 98.8 Å². The first kappa shape index (κ1) is 31.0. The zero-order chi connectivity index (χ0) is 30.0. The molecule has 2 atom stereocenters. The second-order valence-electron chi connectivity index (χ2n) is 10.8. The number of nitrogens with one attached hydrogen (secondary N) is 2. The summed E-state index contributed by atoms with van der Waals surface area (Å²) >= 11 is 0. The van der Waals surface area contributed by atoms with Gasteiger partial charge in [-0.2, -0.15) is 0 Å². The Kier molecular flexibility index (Phi) is 10.9. The van der Waals surface area contributed by atoms with Crippen molar-refractivity contribution in [2.45, 2.75) is 43.2 Å².